The molecule has 0 spiro atoms. The van der Waals surface area contributed by atoms with Crippen LogP contribution in [-0.2, 0) is 10.0 Å². The van der Waals surface area contributed by atoms with Gasteiger partial charge in [-0.1, -0.05) is 0 Å². The zero-order valence-corrected chi connectivity index (χ0v) is 12.2. The van der Waals surface area contributed by atoms with Crippen molar-refractivity contribution in [3.8, 4) is 0 Å². The van der Waals surface area contributed by atoms with Crippen LogP contribution in [0.2, 0.25) is 0 Å². The highest BCUT2D eigenvalue weighted by Crippen LogP contribution is 2.27. The number of sulfonamides is 1. The van der Waals surface area contributed by atoms with E-state index in [4.69, 9.17) is 5.73 Å². The molecule has 0 aliphatic rings. The molecule has 7 nitrogen and oxygen atoms in total. The maximum atomic E-state index is 11.7. The van der Waals surface area contributed by atoms with E-state index in [9.17, 15) is 18.5 Å². The molecule has 0 saturated carbocycles. The van der Waals surface area contributed by atoms with E-state index in [1.165, 1.54) is 12.1 Å². The highest BCUT2D eigenvalue weighted by atomic mass is 79.9. The van der Waals surface area contributed by atoms with Crippen LogP contribution >= 0.6 is 28.3 Å². The molecular formula is C8H11BrClN3O4S. The summed E-state index contributed by atoms with van der Waals surface area (Å²) in [4.78, 5) is 9.89. The van der Waals surface area contributed by atoms with Gasteiger partial charge in [-0.2, -0.15) is 0 Å². The van der Waals surface area contributed by atoms with Gasteiger partial charge >= 0.3 is 0 Å². The number of nitrogens with two attached hydrogens (primary N) is 1. The minimum atomic E-state index is -3.67. The number of rotatable bonds is 5. The first-order valence-corrected chi connectivity index (χ1v) is 6.80. The maximum Gasteiger partial charge on any atom is 0.283 e. The summed E-state index contributed by atoms with van der Waals surface area (Å²) in [5, 5.41) is 10.5. The van der Waals surface area contributed by atoms with Crippen molar-refractivity contribution in [3.63, 3.8) is 0 Å². The number of halogens is 2. The van der Waals surface area contributed by atoms with Crippen molar-refractivity contribution < 1.29 is 13.3 Å². The predicted molar refractivity (Wildman–Crippen MR) is 72.3 cm³/mol. The summed E-state index contributed by atoms with van der Waals surface area (Å²) < 4.78 is 25.7. The Kier molecular flexibility index (Phi) is 6.71. The number of hydrogen-bond donors (Lipinski definition) is 2. The number of nitro groups is 1. The molecule has 1 rings (SSSR count). The third-order valence-electron chi connectivity index (χ3n) is 1.86. The summed E-state index contributed by atoms with van der Waals surface area (Å²) >= 11 is 2.95. The fraction of sp³-hybridized carbons (Fsp3) is 0.250. The van der Waals surface area contributed by atoms with E-state index >= 15 is 0 Å². The van der Waals surface area contributed by atoms with Crippen molar-refractivity contribution in [1.29, 1.82) is 0 Å². The quantitative estimate of drug-likeness (QED) is 0.601. The average molecular weight is 361 g/mol. The van der Waals surface area contributed by atoms with Crippen LogP contribution in [0.1, 0.15) is 0 Å². The molecule has 18 heavy (non-hydrogen) atoms. The van der Waals surface area contributed by atoms with E-state index in [0.717, 1.165) is 6.07 Å². The first kappa shape index (κ1) is 17.3. The monoisotopic (exact) mass is 359 g/mol. The van der Waals surface area contributed by atoms with Crippen molar-refractivity contribution in [3.05, 3.63) is 32.8 Å². The van der Waals surface area contributed by atoms with Gasteiger partial charge in [-0.05, 0) is 28.1 Å². The molecule has 10 heteroatoms. The van der Waals surface area contributed by atoms with Gasteiger partial charge in [-0.3, -0.25) is 10.1 Å². The van der Waals surface area contributed by atoms with E-state index in [1.54, 1.807) is 0 Å². The lowest BCUT2D eigenvalue weighted by Gasteiger charge is -2.05. The summed E-state index contributed by atoms with van der Waals surface area (Å²) in [5.41, 5.74) is 4.99. The van der Waals surface area contributed by atoms with Gasteiger partial charge in [-0.15, -0.1) is 12.4 Å². The molecule has 0 atom stereocenters. The van der Waals surface area contributed by atoms with Crippen LogP contribution in [0.4, 0.5) is 5.69 Å². The van der Waals surface area contributed by atoms with Crippen molar-refractivity contribution in [2.45, 2.75) is 4.90 Å². The zero-order chi connectivity index (χ0) is 13.1. The molecule has 1 aromatic rings. The maximum absolute atomic E-state index is 11.7. The minimum Gasteiger partial charge on any atom is -0.329 e. The molecule has 0 aliphatic carbocycles. The highest BCUT2D eigenvalue weighted by Gasteiger charge is 2.18. The zero-order valence-electron chi connectivity index (χ0n) is 9.00. The average Bonchev–Trinajstić information content (AvgIpc) is 2.25. The number of nitro benzene ring substituents is 1. The van der Waals surface area contributed by atoms with Gasteiger partial charge in [0.25, 0.3) is 5.69 Å². The largest absolute Gasteiger partial charge is 0.329 e. The Hall–Kier alpha value is -0.740. The normalized spacial score (nSPS) is 10.8. The molecule has 3 N–H and O–H groups in total. The first-order valence-electron chi connectivity index (χ1n) is 4.52. The summed E-state index contributed by atoms with van der Waals surface area (Å²) in [7, 11) is -3.67. The van der Waals surface area contributed by atoms with Crippen LogP contribution in [-0.4, -0.2) is 26.4 Å². The van der Waals surface area contributed by atoms with E-state index in [2.05, 4.69) is 20.7 Å². The molecule has 0 aliphatic heterocycles. The minimum absolute atomic E-state index is 0. The number of benzene rings is 1. The molecule has 0 aromatic heterocycles. The second kappa shape index (κ2) is 7.00. The second-order valence-electron chi connectivity index (χ2n) is 3.06. The van der Waals surface area contributed by atoms with Crippen LogP contribution in [0.5, 0.6) is 0 Å². The van der Waals surface area contributed by atoms with Gasteiger partial charge in [0, 0.05) is 19.2 Å². The van der Waals surface area contributed by atoms with E-state index in [-0.39, 0.29) is 40.6 Å². The SMILES string of the molecule is Cl.NCCNS(=O)(=O)c1ccc([N+](=O)[O-])c(Br)c1. The second-order valence-corrected chi connectivity index (χ2v) is 5.68. The Balaban J connectivity index is 0.00000289. The molecule has 0 saturated heterocycles. The van der Waals surface area contributed by atoms with Gasteiger partial charge in [0.1, 0.15) is 0 Å². The van der Waals surface area contributed by atoms with Crippen molar-refractivity contribution in [1.82, 2.24) is 4.72 Å². The van der Waals surface area contributed by atoms with Crippen LogP contribution in [0.3, 0.4) is 0 Å². The summed E-state index contributed by atoms with van der Waals surface area (Å²) in [5.74, 6) is 0. The number of nitrogens with one attached hydrogen (secondary N) is 1. The van der Waals surface area contributed by atoms with Gasteiger partial charge < -0.3 is 5.73 Å². The molecule has 0 heterocycles. The lowest BCUT2D eigenvalue weighted by Crippen LogP contribution is -2.29. The molecular weight excluding hydrogens is 350 g/mol. The number of nitrogens with zero attached hydrogens (tertiary/aromatic N) is 1. The Morgan fingerprint density at radius 1 is 1.44 bits per heavy atom. The number of hydrogen-bond acceptors (Lipinski definition) is 5. The molecule has 0 unspecified atom stereocenters. The Morgan fingerprint density at radius 2 is 2.06 bits per heavy atom. The molecule has 0 bridgehead atoms. The summed E-state index contributed by atoms with van der Waals surface area (Å²) in [6.07, 6.45) is 0. The van der Waals surface area contributed by atoms with Gasteiger partial charge in [0.15, 0.2) is 0 Å². The van der Waals surface area contributed by atoms with Crippen LogP contribution < -0.4 is 10.5 Å². The highest BCUT2D eigenvalue weighted by molar-refractivity contribution is 9.10. The van der Waals surface area contributed by atoms with E-state index in [1.807, 2.05) is 0 Å². The smallest absolute Gasteiger partial charge is 0.283 e. The lowest BCUT2D eigenvalue weighted by atomic mass is 10.3. The predicted octanol–water partition coefficient (Wildman–Crippen LogP) is 1.02. The molecule has 0 amide bonds. The summed E-state index contributed by atoms with van der Waals surface area (Å²) in [6, 6.07) is 3.47. The third-order valence-corrected chi connectivity index (χ3v) is 3.96. The lowest BCUT2D eigenvalue weighted by molar-refractivity contribution is -0.385. The Bertz CT molecular complexity index is 537. The third kappa shape index (κ3) is 4.18. The standard InChI is InChI=1S/C8H10BrN3O4S.ClH/c9-7-5-6(1-2-8(7)12(13)14)17(15,16)11-4-3-10;/h1-2,5,11H,3-4,10H2;1H. The van der Waals surface area contributed by atoms with Gasteiger partial charge in [0.2, 0.25) is 10.0 Å². The van der Waals surface area contributed by atoms with Gasteiger partial charge in [-0.25, -0.2) is 13.1 Å². The topological polar surface area (TPSA) is 115 Å². The molecule has 1 aromatic carbocycles. The molecule has 0 radical (unpaired) electrons. The van der Waals surface area contributed by atoms with Crippen molar-refractivity contribution >= 4 is 44.0 Å². The van der Waals surface area contributed by atoms with Gasteiger partial charge in [0.05, 0.1) is 14.3 Å². The molecule has 0 fully saturated rings. The van der Waals surface area contributed by atoms with Crippen molar-refractivity contribution in [2.24, 2.45) is 5.73 Å². The van der Waals surface area contributed by atoms with Crippen LogP contribution in [0.15, 0.2) is 27.6 Å². The Morgan fingerprint density at radius 3 is 2.50 bits per heavy atom. The summed E-state index contributed by atoms with van der Waals surface area (Å²) in [6.45, 7) is 0.282. The van der Waals surface area contributed by atoms with E-state index in [0.29, 0.717) is 0 Å². The van der Waals surface area contributed by atoms with Crippen LogP contribution in [0, 0.1) is 10.1 Å². The molecule has 102 valence electrons. The van der Waals surface area contributed by atoms with Crippen molar-refractivity contribution in [2.75, 3.05) is 13.1 Å². The van der Waals surface area contributed by atoms with E-state index < -0.39 is 14.9 Å². The first-order chi connectivity index (χ1) is 7.88. The Labute approximate surface area is 118 Å². The fourth-order valence-electron chi connectivity index (χ4n) is 1.08. The fourth-order valence-corrected chi connectivity index (χ4v) is 2.83. The van der Waals surface area contributed by atoms with Crippen LogP contribution in [0.25, 0.3) is 0 Å².